The molecule has 14 heteroatoms. The smallest absolute Gasteiger partial charge is 0.310 e. The van der Waals surface area contributed by atoms with Crippen LogP contribution in [0.3, 0.4) is 0 Å². The van der Waals surface area contributed by atoms with Crippen molar-refractivity contribution < 1.29 is 75.1 Å². The van der Waals surface area contributed by atoms with Crippen LogP contribution in [0.15, 0.2) is 41.8 Å². The number of aliphatic hydroxyl groups is 2. The van der Waals surface area contributed by atoms with Gasteiger partial charge in [0.25, 0.3) is 0 Å². The van der Waals surface area contributed by atoms with Crippen LogP contribution < -0.4 is 18.9 Å². The molecular weight excluding hydrogens is 624 g/mol. The second-order valence-corrected chi connectivity index (χ2v) is 12.1. The quantitative estimate of drug-likeness (QED) is 0.330. The molecule has 2 aromatic carbocycles. The number of carbonyl (C=O) groups excluding carboxylic acids is 1. The third-order valence-corrected chi connectivity index (χ3v) is 9.58. The SMILES string of the molecule is [2H]C([2H])([2H])Oc1cc([C@]2([2H])c3cc4c(cc3[C@@H](O[C@@H]3O[C@H]5[C@@H](O[C@H](c6cccs6)OC5([2H])[2H])[C@H](O)[C@H]3O)[C@H]3COC(=O)[C@@H]32)OCO4)cc(OC([2H])([2H])[2H])c1O. The van der Waals surface area contributed by atoms with Gasteiger partial charge in [-0.1, -0.05) is 6.07 Å². The summed E-state index contributed by atoms with van der Waals surface area (Å²) in [5.74, 6) is -8.06. The van der Waals surface area contributed by atoms with Gasteiger partial charge in [-0.2, -0.15) is 0 Å². The number of phenols is 1. The second-order valence-electron chi connectivity index (χ2n) is 11.1. The summed E-state index contributed by atoms with van der Waals surface area (Å²) < 4.78 is 124. The molecule has 13 nitrogen and oxygen atoms in total. The number of rotatable bonds is 6. The number of methoxy groups -OCH3 is 2. The second kappa shape index (κ2) is 11.6. The van der Waals surface area contributed by atoms with Crippen LogP contribution in [0.1, 0.15) is 52.2 Å². The Bertz CT molecular complexity index is 1940. The minimum Gasteiger partial charge on any atom is -0.502 e. The number of aromatic hydroxyl groups is 1. The summed E-state index contributed by atoms with van der Waals surface area (Å²) in [5, 5.41) is 35.3. The molecule has 0 amide bonds. The average molecular weight is 666 g/mol. The molecule has 8 rings (SSSR count). The molecule has 5 heterocycles. The van der Waals surface area contributed by atoms with Crippen molar-refractivity contribution in [2.45, 2.75) is 49.0 Å². The number of fused-ring (bicyclic) bond motifs is 4. The Hall–Kier alpha value is -3.63. The zero-order valence-electron chi connectivity index (χ0n) is 32.5. The molecule has 0 saturated carbocycles. The van der Waals surface area contributed by atoms with Crippen LogP contribution >= 0.6 is 11.3 Å². The first-order valence-corrected chi connectivity index (χ1v) is 15.0. The number of hydrogen-bond donors (Lipinski definition) is 3. The minimum absolute atomic E-state index is 0.0191. The molecule has 5 aliphatic rings. The number of hydrogen-bond acceptors (Lipinski definition) is 14. The molecule has 1 aliphatic carbocycles. The molecule has 0 bridgehead atoms. The molecule has 46 heavy (non-hydrogen) atoms. The lowest BCUT2D eigenvalue weighted by Gasteiger charge is -2.48. The highest BCUT2D eigenvalue weighted by atomic mass is 32.1. The topological polar surface area (TPSA) is 161 Å². The standard InChI is InChI=1S/C32H32O13S/c1-37-19-6-13(7-20(38-2)25(19)33)23-14-8-17-18(42-12-41-17)9-15(14)28(16-10-39-30(36)24(16)23)44-32-27(35)26(34)29-21(43-32)11-40-31(45-29)22-4-3-5-46-22/h3-9,16,21,23-24,26-29,31-35H,10-12H2,1-2H3/t16-,21+,23+,24-,26+,27+,28+,29+,31+,32-/m0/s1/i1D3,2D3,11D2,23D. The number of carbonyl (C=O) groups is 1. The minimum atomic E-state index is -3.16. The fourth-order valence-corrected chi connectivity index (χ4v) is 7.24. The maximum Gasteiger partial charge on any atom is 0.310 e. The van der Waals surface area contributed by atoms with E-state index in [4.69, 9.17) is 53.6 Å². The van der Waals surface area contributed by atoms with Gasteiger partial charge < -0.3 is 58.0 Å². The van der Waals surface area contributed by atoms with Crippen LogP contribution in [0.4, 0.5) is 0 Å². The number of thiophene rings is 1. The summed E-state index contributed by atoms with van der Waals surface area (Å²) in [6.45, 7) is -3.16. The molecule has 1 aromatic heterocycles. The molecule has 0 spiro atoms. The lowest BCUT2D eigenvalue weighted by molar-refractivity contribution is -0.368. The van der Waals surface area contributed by atoms with Gasteiger partial charge in [0.1, 0.15) is 24.4 Å². The number of esters is 1. The van der Waals surface area contributed by atoms with Gasteiger partial charge in [-0.15, -0.1) is 11.3 Å². The number of aliphatic hydroxyl groups excluding tert-OH is 2. The maximum atomic E-state index is 13.7. The third kappa shape index (κ3) is 4.70. The van der Waals surface area contributed by atoms with E-state index in [1.165, 1.54) is 23.5 Å². The highest BCUT2D eigenvalue weighted by Gasteiger charge is 2.56. The molecule has 244 valence electrons. The van der Waals surface area contributed by atoms with Crippen LogP contribution in [0.2, 0.25) is 0 Å². The number of ether oxygens (including phenoxy) is 9. The average Bonchev–Trinajstić information content (AvgIpc) is 3.87. The molecule has 10 atom stereocenters. The zero-order chi connectivity index (χ0) is 39.4. The van der Waals surface area contributed by atoms with E-state index in [1.807, 2.05) is 0 Å². The van der Waals surface area contributed by atoms with Gasteiger partial charge in [-0.3, -0.25) is 4.79 Å². The predicted octanol–water partition coefficient (Wildman–Crippen LogP) is 2.75. The summed E-state index contributed by atoms with van der Waals surface area (Å²) in [6.07, 6.45) is -10.9. The number of cyclic esters (lactones) is 1. The largest absolute Gasteiger partial charge is 0.502 e. The molecular formula is C32H32O13S. The maximum absolute atomic E-state index is 13.7. The van der Waals surface area contributed by atoms with Gasteiger partial charge >= 0.3 is 5.97 Å². The highest BCUT2D eigenvalue weighted by Crippen LogP contribution is 2.57. The van der Waals surface area contributed by atoms with Crippen molar-refractivity contribution in [1.29, 1.82) is 0 Å². The van der Waals surface area contributed by atoms with Gasteiger partial charge in [0.15, 0.2) is 35.6 Å². The Labute approximate surface area is 279 Å². The zero-order valence-corrected chi connectivity index (χ0v) is 24.3. The summed E-state index contributed by atoms with van der Waals surface area (Å²) in [6, 6.07) is 8.14. The lowest BCUT2D eigenvalue weighted by atomic mass is 9.66. The predicted molar refractivity (Wildman–Crippen MR) is 156 cm³/mol. The van der Waals surface area contributed by atoms with Crippen molar-refractivity contribution >= 4 is 17.3 Å². The van der Waals surface area contributed by atoms with E-state index < -0.39 is 105 Å². The molecule has 0 radical (unpaired) electrons. The summed E-state index contributed by atoms with van der Waals surface area (Å²) in [7, 11) is -6.32. The molecule has 3 N–H and O–H groups in total. The molecule has 3 aromatic rings. The van der Waals surface area contributed by atoms with E-state index in [0.717, 1.165) is 12.1 Å². The third-order valence-electron chi connectivity index (χ3n) is 8.69. The van der Waals surface area contributed by atoms with E-state index in [-0.39, 0.29) is 41.6 Å². The highest BCUT2D eigenvalue weighted by molar-refractivity contribution is 7.10. The van der Waals surface area contributed by atoms with Gasteiger partial charge in [-0.05, 0) is 52.4 Å². The summed E-state index contributed by atoms with van der Waals surface area (Å²) in [4.78, 5) is 14.3. The fraction of sp³-hybridized carbons (Fsp3) is 0.469. The van der Waals surface area contributed by atoms with E-state index in [1.54, 1.807) is 17.5 Å². The number of benzene rings is 2. The van der Waals surface area contributed by atoms with Gasteiger partial charge in [0, 0.05) is 13.2 Å². The lowest BCUT2D eigenvalue weighted by Crippen LogP contribution is -2.62. The molecule has 3 fully saturated rings. The van der Waals surface area contributed by atoms with Gasteiger partial charge in [0.05, 0.1) is 55.1 Å². The monoisotopic (exact) mass is 665 g/mol. The van der Waals surface area contributed by atoms with Crippen LogP contribution in [0, 0.1) is 11.8 Å². The van der Waals surface area contributed by atoms with Crippen molar-refractivity contribution in [2.75, 3.05) is 34.0 Å². The van der Waals surface area contributed by atoms with E-state index in [9.17, 15) is 21.5 Å². The van der Waals surface area contributed by atoms with Crippen molar-refractivity contribution in [2.24, 2.45) is 11.8 Å². The van der Waals surface area contributed by atoms with E-state index >= 15 is 0 Å². The number of phenolic OH excluding ortho intramolecular Hbond substituents is 1. The molecule has 3 saturated heterocycles. The Balaban J connectivity index is 1.22. The van der Waals surface area contributed by atoms with E-state index in [0.29, 0.717) is 4.88 Å². The molecule has 4 aliphatic heterocycles. The van der Waals surface area contributed by atoms with E-state index in [2.05, 4.69) is 0 Å². The van der Waals surface area contributed by atoms with Crippen molar-refractivity contribution in [1.82, 2.24) is 0 Å². The van der Waals surface area contributed by atoms with Crippen LogP contribution in [-0.4, -0.2) is 86.0 Å². The van der Waals surface area contributed by atoms with Crippen molar-refractivity contribution in [3.05, 3.63) is 63.3 Å². The Morgan fingerprint density at radius 1 is 1.02 bits per heavy atom. The van der Waals surface area contributed by atoms with Crippen LogP contribution in [0.25, 0.3) is 0 Å². The Morgan fingerprint density at radius 2 is 1.78 bits per heavy atom. The molecule has 0 unspecified atom stereocenters. The Kier molecular flexibility index (Phi) is 5.35. The summed E-state index contributed by atoms with van der Waals surface area (Å²) in [5.41, 5.74) is -0.129. The van der Waals surface area contributed by atoms with Gasteiger partial charge in [-0.25, -0.2) is 0 Å². The fourth-order valence-electron chi connectivity index (χ4n) is 6.55. The van der Waals surface area contributed by atoms with Crippen molar-refractivity contribution in [3.63, 3.8) is 0 Å². The van der Waals surface area contributed by atoms with Crippen molar-refractivity contribution in [3.8, 4) is 28.7 Å². The normalized spacial score (nSPS) is 40.4. The first-order valence-electron chi connectivity index (χ1n) is 18.6. The summed E-state index contributed by atoms with van der Waals surface area (Å²) >= 11 is 1.23. The Morgan fingerprint density at radius 3 is 2.50 bits per heavy atom. The van der Waals surface area contributed by atoms with Crippen LogP contribution in [0.5, 0.6) is 28.7 Å². The van der Waals surface area contributed by atoms with Gasteiger partial charge in [0.2, 0.25) is 12.5 Å². The first kappa shape index (κ1) is 21.3. The van der Waals surface area contributed by atoms with Crippen LogP contribution in [-0.2, 0) is 28.5 Å². The first-order chi connectivity index (χ1) is 25.7.